The fraction of sp³-hybridized carbons (Fsp3) is 0.185. The quantitative estimate of drug-likeness (QED) is 0.323. The van der Waals surface area contributed by atoms with E-state index in [1.54, 1.807) is 6.21 Å². The molecule has 5 rings (SSSR count). The summed E-state index contributed by atoms with van der Waals surface area (Å²) in [4.78, 5) is 16.2. The SMILES string of the molecule is O=C(N/N=C\c1ccccc1OCc1ccccc1)c1ccc2[nH]c3c(c2c1)CCCC3. The van der Waals surface area contributed by atoms with E-state index >= 15 is 0 Å². The van der Waals surface area contributed by atoms with Crippen LogP contribution in [0.5, 0.6) is 5.75 Å². The molecular weight excluding hydrogens is 398 g/mol. The van der Waals surface area contributed by atoms with Gasteiger partial charge in [0.2, 0.25) is 0 Å². The molecule has 1 aliphatic rings. The zero-order valence-corrected chi connectivity index (χ0v) is 17.8. The molecule has 2 N–H and O–H groups in total. The number of nitrogens with zero attached hydrogens (tertiary/aromatic N) is 1. The Morgan fingerprint density at radius 3 is 2.72 bits per heavy atom. The van der Waals surface area contributed by atoms with Gasteiger partial charge in [-0.1, -0.05) is 42.5 Å². The maximum Gasteiger partial charge on any atom is 0.271 e. The minimum absolute atomic E-state index is 0.225. The number of hydrogen-bond donors (Lipinski definition) is 2. The van der Waals surface area contributed by atoms with Crippen LogP contribution < -0.4 is 10.2 Å². The topological polar surface area (TPSA) is 66.5 Å². The molecule has 1 amide bonds. The number of aromatic amines is 1. The van der Waals surface area contributed by atoms with Gasteiger partial charge in [0, 0.05) is 27.7 Å². The van der Waals surface area contributed by atoms with Gasteiger partial charge in [0.25, 0.3) is 5.91 Å². The first-order valence-corrected chi connectivity index (χ1v) is 11.0. The highest BCUT2D eigenvalue weighted by molar-refractivity contribution is 5.99. The highest BCUT2D eigenvalue weighted by Crippen LogP contribution is 2.29. The fourth-order valence-corrected chi connectivity index (χ4v) is 4.23. The van der Waals surface area contributed by atoms with Gasteiger partial charge in [-0.2, -0.15) is 5.10 Å². The van der Waals surface area contributed by atoms with Crippen molar-refractivity contribution in [2.24, 2.45) is 5.10 Å². The molecule has 5 heteroatoms. The third kappa shape index (κ3) is 4.28. The van der Waals surface area contributed by atoms with Gasteiger partial charge in [-0.15, -0.1) is 0 Å². The average molecular weight is 424 g/mol. The van der Waals surface area contributed by atoms with Crippen molar-refractivity contribution < 1.29 is 9.53 Å². The summed E-state index contributed by atoms with van der Waals surface area (Å²) in [5.41, 5.74) is 8.92. The van der Waals surface area contributed by atoms with Gasteiger partial charge < -0.3 is 9.72 Å². The van der Waals surface area contributed by atoms with E-state index in [-0.39, 0.29) is 5.91 Å². The lowest BCUT2D eigenvalue weighted by Crippen LogP contribution is -2.17. The zero-order chi connectivity index (χ0) is 21.8. The third-order valence-electron chi connectivity index (χ3n) is 5.89. The lowest BCUT2D eigenvalue weighted by Gasteiger charge is -2.10. The first-order chi connectivity index (χ1) is 15.8. The summed E-state index contributed by atoms with van der Waals surface area (Å²) >= 11 is 0. The minimum Gasteiger partial charge on any atom is -0.488 e. The van der Waals surface area contributed by atoms with Gasteiger partial charge in [-0.3, -0.25) is 4.79 Å². The lowest BCUT2D eigenvalue weighted by atomic mass is 9.95. The summed E-state index contributed by atoms with van der Waals surface area (Å²) in [5.74, 6) is 0.492. The first-order valence-electron chi connectivity index (χ1n) is 11.0. The molecule has 3 aromatic carbocycles. The number of aryl methyl sites for hydroxylation is 2. The Morgan fingerprint density at radius 2 is 1.81 bits per heavy atom. The smallest absolute Gasteiger partial charge is 0.271 e. The van der Waals surface area contributed by atoms with Gasteiger partial charge in [0.05, 0.1) is 6.21 Å². The molecule has 0 saturated heterocycles. The molecule has 0 aliphatic heterocycles. The Kier molecular flexibility index (Phi) is 5.71. The molecule has 5 nitrogen and oxygen atoms in total. The Labute approximate surface area is 187 Å². The predicted molar refractivity (Wildman–Crippen MR) is 127 cm³/mol. The summed E-state index contributed by atoms with van der Waals surface area (Å²) in [5, 5.41) is 5.33. The number of aromatic nitrogens is 1. The number of benzene rings is 3. The predicted octanol–water partition coefficient (Wildman–Crippen LogP) is 5.39. The molecule has 32 heavy (non-hydrogen) atoms. The van der Waals surface area contributed by atoms with E-state index in [0.29, 0.717) is 12.2 Å². The van der Waals surface area contributed by atoms with Crippen molar-refractivity contribution in [2.45, 2.75) is 32.3 Å². The van der Waals surface area contributed by atoms with Crippen LogP contribution in [0.2, 0.25) is 0 Å². The highest BCUT2D eigenvalue weighted by atomic mass is 16.5. The Balaban J connectivity index is 1.27. The monoisotopic (exact) mass is 423 g/mol. The number of H-pyrrole nitrogens is 1. The van der Waals surface area contributed by atoms with E-state index in [4.69, 9.17) is 4.74 Å². The summed E-state index contributed by atoms with van der Waals surface area (Å²) in [7, 11) is 0. The number of hydrazone groups is 1. The van der Waals surface area contributed by atoms with Crippen molar-refractivity contribution in [3.63, 3.8) is 0 Å². The second kappa shape index (κ2) is 9.10. The number of carbonyl (C=O) groups is 1. The van der Waals surface area contributed by atoms with Gasteiger partial charge in [-0.25, -0.2) is 5.43 Å². The number of amides is 1. The molecule has 0 radical (unpaired) electrons. The zero-order valence-electron chi connectivity index (χ0n) is 17.8. The molecule has 0 bridgehead atoms. The van der Waals surface area contributed by atoms with Crippen LogP contribution in [-0.4, -0.2) is 17.1 Å². The van der Waals surface area contributed by atoms with Gasteiger partial charge in [-0.05, 0) is 67.1 Å². The van der Waals surface area contributed by atoms with Crippen LogP contribution in [0.3, 0.4) is 0 Å². The van der Waals surface area contributed by atoms with Crippen molar-refractivity contribution in [1.29, 1.82) is 0 Å². The van der Waals surface area contributed by atoms with Crippen molar-refractivity contribution in [3.8, 4) is 5.75 Å². The number of fused-ring (bicyclic) bond motifs is 3. The van der Waals surface area contributed by atoms with E-state index in [0.717, 1.165) is 40.6 Å². The molecule has 4 aromatic rings. The molecule has 1 aromatic heterocycles. The van der Waals surface area contributed by atoms with Crippen LogP contribution in [0.15, 0.2) is 77.9 Å². The normalized spacial score (nSPS) is 13.2. The van der Waals surface area contributed by atoms with Crippen molar-refractivity contribution in [2.75, 3.05) is 0 Å². The van der Waals surface area contributed by atoms with Gasteiger partial charge in [0.1, 0.15) is 12.4 Å². The molecule has 0 spiro atoms. The number of carbonyl (C=O) groups excluding carboxylic acids is 1. The molecule has 160 valence electrons. The van der Waals surface area contributed by atoms with Crippen LogP contribution >= 0.6 is 0 Å². The number of para-hydroxylation sites is 1. The number of rotatable bonds is 6. The van der Waals surface area contributed by atoms with Crippen molar-refractivity contribution in [1.82, 2.24) is 10.4 Å². The standard InChI is InChI=1S/C27H25N3O2/c31-27(20-14-15-25-23(16-20)22-11-5-6-12-24(22)29-25)30-28-17-21-10-4-7-13-26(21)32-18-19-8-2-1-3-9-19/h1-4,7-10,13-17,29H,5-6,11-12,18H2,(H,30,31)/b28-17-. The second-order valence-corrected chi connectivity index (χ2v) is 8.06. The van der Waals surface area contributed by atoms with E-state index in [9.17, 15) is 4.79 Å². The fourth-order valence-electron chi connectivity index (χ4n) is 4.23. The van der Waals surface area contributed by atoms with E-state index in [1.807, 2.05) is 72.8 Å². The number of hydrogen-bond acceptors (Lipinski definition) is 3. The molecular formula is C27H25N3O2. The summed E-state index contributed by atoms with van der Waals surface area (Å²) in [6.45, 7) is 0.471. The van der Waals surface area contributed by atoms with E-state index < -0.39 is 0 Å². The van der Waals surface area contributed by atoms with Crippen LogP contribution in [0.1, 0.15) is 45.6 Å². The maximum atomic E-state index is 12.7. The minimum atomic E-state index is -0.225. The molecule has 1 aliphatic carbocycles. The van der Waals surface area contributed by atoms with Crippen LogP contribution in [0.4, 0.5) is 0 Å². The number of ether oxygens (including phenoxy) is 1. The molecule has 0 fully saturated rings. The second-order valence-electron chi connectivity index (χ2n) is 8.06. The summed E-state index contributed by atoms with van der Waals surface area (Å²) in [6, 6.07) is 23.4. The lowest BCUT2D eigenvalue weighted by molar-refractivity contribution is 0.0955. The van der Waals surface area contributed by atoms with Gasteiger partial charge in [0.15, 0.2) is 0 Å². The third-order valence-corrected chi connectivity index (χ3v) is 5.89. The maximum absolute atomic E-state index is 12.7. The Bertz CT molecular complexity index is 1270. The molecule has 0 saturated carbocycles. The van der Waals surface area contributed by atoms with Crippen molar-refractivity contribution in [3.05, 3.63) is 101 Å². The summed E-state index contributed by atoms with van der Waals surface area (Å²) < 4.78 is 5.95. The van der Waals surface area contributed by atoms with E-state index in [1.165, 1.54) is 24.1 Å². The molecule has 0 atom stereocenters. The van der Waals surface area contributed by atoms with Crippen molar-refractivity contribution >= 4 is 23.0 Å². The largest absolute Gasteiger partial charge is 0.488 e. The van der Waals surface area contributed by atoms with E-state index in [2.05, 4.69) is 15.5 Å². The number of nitrogens with one attached hydrogen (secondary N) is 2. The molecule has 0 unspecified atom stereocenters. The molecule has 1 heterocycles. The van der Waals surface area contributed by atoms with Crippen LogP contribution in [0, 0.1) is 0 Å². The average Bonchev–Trinajstić information content (AvgIpc) is 3.22. The van der Waals surface area contributed by atoms with Gasteiger partial charge >= 0.3 is 0 Å². The van der Waals surface area contributed by atoms with Crippen LogP contribution in [0.25, 0.3) is 10.9 Å². The Hall–Kier alpha value is -3.86. The Morgan fingerprint density at radius 1 is 1.00 bits per heavy atom. The highest BCUT2D eigenvalue weighted by Gasteiger charge is 2.16. The first kappa shape index (κ1) is 20.1. The summed E-state index contributed by atoms with van der Waals surface area (Å²) in [6.07, 6.45) is 6.19. The van der Waals surface area contributed by atoms with Crippen LogP contribution in [-0.2, 0) is 19.4 Å².